The fraction of sp³-hybridized carbons (Fsp3) is 0.227. The Morgan fingerprint density at radius 2 is 2.00 bits per heavy atom. The molecule has 1 amide bonds. The topological polar surface area (TPSA) is 92.6 Å². The molecule has 13 heteroatoms. The summed E-state index contributed by atoms with van der Waals surface area (Å²) in [5, 5.41) is 0.374. The zero-order valence-electron chi connectivity index (χ0n) is 17.9. The summed E-state index contributed by atoms with van der Waals surface area (Å²) in [4.78, 5) is 30.5. The molecule has 2 aromatic heterocycles. The van der Waals surface area contributed by atoms with E-state index in [1.165, 1.54) is 18.5 Å². The number of carbonyl (C=O) groups is 1. The first kappa shape index (κ1) is 24.2. The number of halogens is 5. The molecule has 0 aliphatic carbocycles. The molecule has 1 saturated heterocycles. The Kier molecular flexibility index (Phi) is 6.21. The van der Waals surface area contributed by atoms with Gasteiger partial charge in [-0.3, -0.25) is 14.5 Å². The van der Waals surface area contributed by atoms with Crippen molar-refractivity contribution in [3.05, 3.63) is 65.0 Å². The predicted molar refractivity (Wildman–Crippen MR) is 122 cm³/mol. The van der Waals surface area contributed by atoms with Crippen molar-refractivity contribution in [1.82, 2.24) is 19.9 Å². The third kappa shape index (κ3) is 4.54. The Morgan fingerprint density at radius 3 is 2.66 bits per heavy atom. The third-order valence-electron chi connectivity index (χ3n) is 5.48. The van der Waals surface area contributed by atoms with Gasteiger partial charge in [0.1, 0.15) is 24.5 Å². The van der Waals surface area contributed by atoms with Crippen LogP contribution in [0.3, 0.4) is 0 Å². The standard InChI is InChI=1S/C22H16ClF4N7O/c1-11(24)21(35)34-6-5-33(9-18(34)29-2)20-13-7-15(23)12(8-16(13)30-10-31-20)19-14(22(25,26)27)3-4-17(28)32-19/h3-4,7-8,10,18H,1,5-6,9H2,(H2,28,32)/t18-/m1/s1. The molecule has 3 aromatic rings. The van der Waals surface area contributed by atoms with Crippen LogP contribution in [-0.2, 0) is 11.0 Å². The highest BCUT2D eigenvalue weighted by Crippen LogP contribution is 2.41. The van der Waals surface area contributed by atoms with Gasteiger partial charge in [-0.1, -0.05) is 18.2 Å². The number of hydrogen-bond acceptors (Lipinski definition) is 6. The molecule has 0 bridgehead atoms. The van der Waals surface area contributed by atoms with Crippen molar-refractivity contribution in [2.24, 2.45) is 0 Å². The summed E-state index contributed by atoms with van der Waals surface area (Å²) >= 11 is 6.40. The van der Waals surface area contributed by atoms with Gasteiger partial charge in [0.25, 0.3) is 5.91 Å². The summed E-state index contributed by atoms with van der Waals surface area (Å²) < 4.78 is 54.1. The first-order valence-electron chi connectivity index (χ1n) is 10.1. The van der Waals surface area contributed by atoms with Crippen LogP contribution in [0.5, 0.6) is 0 Å². The first-order valence-corrected chi connectivity index (χ1v) is 10.4. The third-order valence-corrected chi connectivity index (χ3v) is 5.79. The Labute approximate surface area is 201 Å². The van der Waals surface area contributed by atoms with Crippen molar-refractivity contribution in [1.29, 1.82) is 0 Å². The highest BCUT2D eigenvalue weighted by Gasteiger charge is 2.37. The van der Waals surface area contributed by atoms with E-state index in [0.717, 1.165) is 17.0 Å². The number of nitrogen functional groups attached to an aromatic ring is 1. The molecule has 1 atom stereocenters. The van der Waals surface area contributed by atoms with Crippen LogP contribution in [-0.4, -0.2) is 51.6 Å². The zero-order chi connectivity index (χ0) is 25.5. The Morgan fingerprint density at radius 1 is 1.26 bits per heavy atom. The molecular formula is C22H16ClF4N7O. The van der Waals surface area contributed by atoms with Crippen LogP contribution in [0.15, 0.2) is 43.0 Å². The second kappa shape index (κ2) is 8.99. The fourth-order valence-corrected chi connectivity index (χ4v) is 4.12. The summed E-state index contributed by atoms with van der Waals surface area (Å²) in [6.45, 7) is 10.7. The van der Waals surface area contributed by atoms with Gasteiger partial charge in [0, 0.05) is 24.0 Å². The maximum Gasteiger partial charge on any atom is 0.418 e. The molecule has 0 radical (unpaired) electrons. The van der Waals surface area contributed by atoms with Crippen molar-refractivity contribution in [2.75, 3.05) is 30.3 Å². The van der Waals surface area contributed by atoms with Crippen LogP contribution in [0.25, 0.3) is 27.0 Å². The van der Waals surface area contributed by atoms with E-state index in [2.05, 4.69) is 26.4 Å². The van der Waals surface area contributed by atoms with E-state index < -0.39 is 35.3 Å². The predicted octanol–water partition coefficient (Wildman–Crippen LogP) is 4.32. The molecule has 3 heterocycles. The van der Waals surface area contributed by atoms with Gasteiger partial charge in [-0.05, 0) is 24.3 Å². The number of amides is 1. The van der Waals surface area contributed by atoms with Crippen LogP contribution in [0, 0.1) is 6.57 Å². The Bertz CT molecular complexity index is 1390. The van der Waals surface area contributed by atoms with E-state index in [1.807, 2.05) is 0 Å². The van der Waals surface area contributed by atoms with Crippen molar-refractivity contribution >= 4 is 40.0 Å². The molecule has 1 aromatic carbocycles. The largest absolute Gasteiger partial charge is 0.418 e. The van der Waals surface area contributed by atoms with Crippen LogP contribution in [0.4, 0.5) is 29.2 Å². The summed E-state index contributed by atoms with van der Waals surface area (Å²) in [7, 11) is 0. The summed E-state index contributed by atoms with van der Waals surface area (Å²) in [6, 6.07) is 4.67. The van der Waals surface area contributed by atoms with Gasteiger partial charge in [-0.2, -0.15) is 13.2 Å². The van der Waals surface area contributed by atoms with Crippen LogP contribution < -0.4 is 10.6 Å². The Balaban J connectivity index is 1.77. The zero-order valence-corrected chi connectivity index (χ0v) is 18.6. The average Bonchev–Trinajstić information content (AvgIpc) is 2.81. The van der Waals surface area contributed by atoms with E-state index in [1.54, 1.807) is 4.90 Å². The highest BCUT2D eigenvalue weighted by atomic mass is 35.5. The number of alkyl halides is 3. The monoisotopic (exact) mass is 505 g/mol. The van der Waals surface area contributed by atoms with Gasteiger partial charge in [0.05, 0.1) is 21.8 Å². The lowest BCUT2D eigenvalue weighted by atomic mass is 10.0. The second-order valence-corrected chi connectivity index (χ2v) is 8.04. The first-order chi connectivity index (χ1) is 16.5. The molecule has 0 unspecified atom stereocenters. The minimum atomic E-state index is -4.69. The van der Waals surface area contributed by atoms with Gasteiger partial charge >= 0.3 is 12.3 Å². The van der Waals surface area contributed by atoms with E-state index in [0.29, 0.717) is 11.2 Å². The van der Waals surface area contributed by atoms with Crippen molar-refractivity contribution in [3.63, 3.8) is 0 Å². The van der Waals surface area contributed by atoms with Gasteiger partial charge in [0.15, 0.2) is 5.83 Å². The number of carbonyl (C=O) groups excluding carboxylic acids is 1. The molecule has 35 heavy (non-hydrogen) atoms. The van der Waals surface area contributed by atoms with Crippen LogP contribution in [0.2, 0.25) is 5.02 Å². The minimum Gasteiger partial charge on any atom is -0.384 e. The van der Waals surface area contributed by atoms with Crippen LogP contribution in [0.1, 0.15) is 5.56 Å². The van der Waals surface area contributed by atoms with Gasteiger partial charge in [0.2, 0.25) is 0 Å². The number of aromatic nitrogens is 3. The molecule has 2 N–H and O–H groups in total. The molecule has 8 nitrogen and oxygen atoms in total. The van der Waals surface area contributed by atoms with Gasteiger partial charge < -0.3 is 10.6 Å². The van der Waals surface area contributed by atoms with E-state index >= 15 is 0 Å². The number of hydrogen-bond donors (Lipinski definition) is 1. The lowest BCUT2D eigenvalue weighted by molar-refractivity contribution is -0.137. The molecule has 4 rings (SSSR count). The molecule has 1 fully saturated rings. The highest BCUT2D eigenvalue weighted by molar-refractivity contribution is 6.34. The molecule has 0 spiro atoms. The van der Waals surface area contributed by atoms with Crippen molar-refractivity contribution in [3.8, 4) is 11.3 Å². The normalized spacial score (nSPS) is 16.3. The quantitative estimate of drug-likeness (QED) is 0.324. The van der Waals surface area contributed by atoms with E-state index in [4.69, 9.17) is 23.9 Å². The summed E-state index contributed by atoms with van der Waals surface area (Å²) in [5.41, 5.74) is 4.46. The lowest BCUT2D eigenvalue weighted by Gasteiger charge is -2.35. The average molecular weight is 506 g/mol. The number of anilines is 2. The van der Waals surface area contributed by atoms with Gasteiger partial charge in [-0.25, -0.2) is 25.9 Å². The maximum absolute atomic E-state index is 13.6. The maximum atomic E-state index is 13.6. The van der Waals surface area contributed by atoms with E-state index in [-0.39, 0.29) is 41.6 Å². The van der Waals surface area contributed by atoms with Crippen molar-refractivity contribution < 1.29 is 22.4 Å². The summed E-state index contributed by atoms with van der Waals surface area (Å²) in [5.74, 6) is -1.87. The number of pyridine rings is 1. The smallest absolute Gasteiger partial charge is 0.384 e. The number of rotatable bonds is 3. The fourth-order valence-electron chi connectivity index (χ4n) is 3.86. The number of benzene rings is 1. The molecular weight excluding hydrogens is 490 g/mol. The molecule has 0 saturated carbocycles. The molecule has 1 aliphatic heterocycles. The number of piperazine rings is 1. The number of fused-ring (bicyclic) bond motifs is 1. The summed E-state index contributed by atoms with van der Waals surface area (Å²) in [6.07, 6.45) is -4.46. The Hall–Kier alpha value is -3.98. The van der Waals surface area contributed by atoms with Crippen LogP contribution >= 0.6 is 11.6 Å². The lowest BCUT2D eigenvalue weighted by Crippen LogP contribution is -2.54. The van der Waals surface area contributed by atoms with E-state index in [9.17, 15) is 22.4 Å². The second-order valence-electron chi connectivity index (χ2n) is 7.64. The van der Waals surface area contributed by atoms with Gasteiger partial charge in [-0.15, -0.1) is 0 Å². The number of nitrogens with two attached hydrogens (primary N) is 1. The molecule has 1 aliphatic rings. The number of nitrogens with zero attached hydrogens (tertiary/aromatic N) is 6. The van der Waals surface area contributed by atoms with Crippen molar-refractivity contribution in [2.45, 2.75) is 12.3 Å². The minimum absolute atomic E-state index is 0.0145. The SMILES string of the molecule is [C-]#[N+][C@H]1CN(c2ncnc3cc(-c4nc(N)ccc4C(F)(F)F)c(Cl)cc23)CCN1C(=O)C(=C)F. The molecule has 180 valence electrons.